The summed E-state index contributed by atoms with van der Waals surface area (Å²) in [5, 5.41) is 13.2. The van der Waals surface area contributed by atoms with Gasteiger partial charge in [-0.15, -0.1) is 11.3 Å². The maximum atomic E-state index is 14.4. The highest BCUT2D eigenvalue weighted by molar-refractivity contribution is 7.23. The number of rotatable bonds is 5. The predicted octanol–water partition coefficient (Wildman–Crippen LogP) is 4.12. The number of carbonyl (C=O) groups is 1. The SMILES string of the molecule is O=C1CCC(c2nc(-c3sc4c(NC5CCNCC5F)cccc4c3CC(F)(F)F)no2)N1. The fourth-order valence-electron chi connectivity index (χ4n) is 4.29. The van der Waals surface area contributed by atoms with Crippen LogP contribution in [0.4, 0.5) is 23.2 Å². The van der Waals surface area contributed by atoms with Gasteiger partial charge in [0.2, 0.25) is 17.6 Å². The van der Waals surface area contributed by atoms with Crippen LogP contribution in [0.15, 0.2) is 22.7 Å². The molecule has 0 spiro atoms. The van der Waals surface area contributed by atoms with Crippen LogP contribution < -0.4 is 16.0 Å². The van der Waals surface area contributed by atoms with E-state index in [1.54, 1.807) is 18.2 Å². The number of alkyl halides is 4. The molecule has 3 N–H and O–H groups in total. The number of piperidine rings is 1. The number of halogens is 4. The third-order valence-electron chi connectivity index (χ3n) is 5.88. The number of nitrogens with one attached hydrogen (secondary N) is 3. The van der Waals surface area contributed by atoms with Gasteiger partial charge in [-0.1, -0.05) is 17.3 Å². The number of aromatic nitrogens is 2. The Morgan fingerprint density at radius 3 is 2.85 bits per heavy atom. The van der Waals surface area contributed by atoms with E-state index in [9.17, 15) is 22.4 Å². The lowest BCUT2D eigenvalue weighted by atomic mass is 10.0. The van der Waals surface area contributed by atoms with Crippen molar-refractivity contribution in [1.29, 1.82) is 0 Å². The molecule has 0 saturated carbocycles. The second-order valence-corrected chi connectivity index (χ2v) is 9.28. The largest absolute Gasteiger partial charge is 0.393 e. The Hall–Kier alpha value is -2.73. The van der Waals surface area contributed by atoms with E-state index in [1.807, 2.05) is 0 Å². The summed E-state index contributed by atoms with van der Waals surface area (Å²) in [7, 11) is 0. The van der Waals surface area contributed by atoms with Crippen molar-refractivity contribution in [2.75, 3.05) is 18.4 Å². The van der Waals surface area contributed by atoms with Crippen LogP contribution in [0, 0.1) is 0 Å². The van der Waals surface area contributed by atoms with Gasteiger partial charge in [-0.3, -0.25) is 4.79 Å². The minimum atomic E-state index is -4.45. The van der Waals surface area contributed by atoms with Crippen LogP contribution in [0.25, 0.3) is 20.8 Å². The molecule has 2 saturated heterocycles. The van der Waals surface area contributed by atoms with Gasteiger partial charge in [0, 0.05) is 13.0 Å². The number of amides is 1. The summed E-state index contributed by atoms with van der Waals surface area (Å²) in [6.45, 7) is 0.887. The number of carbonyl (C=O) groups excluding carboxylic acids is 1. The van der Waals surface area contributed by atoms with Gasteiger partial charge >= 0.3 is 6.18 Å². The van der Waals surface area contributed by atoms with Crippen LogP contribution in [-0.2, 0) is 11.2 Å². The average Bonchev–Trinajstić information content (AvgIpc) is 3.48. The summed E-state index contributed by atoms with van der Waals surface area (Å²) in [4.78, 5) is 16.0. The smallest absolute Gasteiger partial charge is 0.378 e. The summed E-state index contributed by atoms with van der Waals surface area (Å²) in [5.41, 5.74) is 0.629. The number of hydrogen-bond donors (Lipinski definition) is 3. The van der Waals surface area contributed by atoms with Crippen LogP contribution in [0.2, 0.25) is 0 Å². The van der Waals surface area contributed by atoms with Crippen molar-refractivity contribution in [2.24, 2.45) is 0 Å². The Morgan fingerprint density at radius 1 is 1.27 bits per heavy atom. The molecule has 176 valence electrons. The molecular weight excluding hydrogens is 462 g/mol. The monoisotopic (exact) mass is 483 g/mol. The lowest BCUT2D eigenvalue weighted by molar-refractivity contribution is -0.126. The van der Waals surface area contributed by atoms with Crippen LogP contribution in [-0.4, -0.2) is 47.5 Å². The maximum Gasteiger partial charge on any atom is 0.393 e. The van der Waals surface area contributed by atoms with Crippen LogP contribution in [0.1, 0.15) is 36.8 Å². The third kappa shape index (κ3) is 4.54. The first-order valence-electron chi connectivity index (χ1n) is 10.6. The van der Waals surface area contributed by atoms with Crippen molar-refractivity contribution in [3.05, 3.63) is 29.7 Å². The summed E-state index contributed by atoms with van der Waals surface area (Å²) in [5.74, 6) is 0.0709. The Kier molecular flexibility index (Phi) is 5.73. The van der Waals surface area contributed by atoms with Gasteiger partial charge in [-0.05, 0) is 36.4 Å². The quantitative estimate of drug-likeness (QED) is 0.473. The maximum absolute atomic E-state index is 14.4. The molecule has 2 fully saturated rings. The number of hydrogen-bond acceptors (Lipinski definition) is 7. The lowest BCUT2D eigenvalue weighted by Crippen LogP contribution is -2.45. The number of thiophene rings is 1. The van der Waals surface area contributed by atoms with E-state index in [0.29, 0.717) is 41.6 Å². The first-order valence-corrected chi connectivity index (χ1v) is 11.5. The standard InChI is InChI=1S/C21H21F4N5O2S/c22-12-9-26-7-6-13(12)27-14-3-1-2-10-11(8-21(23,24)25)18(33-17(10)14)19-29-20(32-30-19)15-4-5-16(31)28-15/h1-3,12-13,15,26-27H,4-9H2,(H,28,31). The third-order valence-corrected chi connectivity index (χ3v) is 7.16. The molecule has 7 nitrogen and oxygen atoms in total. The molecule has 12 heteroatoms. The number of benzene rings is 1. The lowest BCUT2D eigenvalue weighted by Gasteiger charge is -2.28. The highest BCUT2D eigenvalue weighted by Crippen LogP contribution is 2.44. The molecule has 0 radical (unpaired) electrons. The molecule has 0 aliphatic carbocycles. The van der Waals surface area contributed by atoms with E-state index in [-0.39, 0.29) is 34.6 Å². The molecule has 3 unspecified atom stereocenters. The first-order chi connectivity index (χ1) is 15.8. The molecule has 2 aliphatic heterocycles. The molecule has 2 aromatic heterocycles. The summed E-state index contributed by atoms with van der Waals surface area (Å²) < 4.78 is 60.7. The molecule has 1 amide bonds. The van der Waals surface area contributed by atoms with Gasteiger partial charge in [0.1, 0.15) is 12.2 Å². The van der Waals surface area contributed by atoms with Crippen molar-refractivity contribution in [3.8, 4) is 10.7 Å². The molecule has 1 aromatic carbocycles. The fourth-order valence-corrected chi connectivity index (χ4v) is 5.51. The summed E-state index contributed by atoms with van der Waals surface area (Å²) >= 11 is 1.12. The zero-order valence-corrected chi connectivity index (χ0v) is 18.2. The van der Waals surface area contributed by atoms with E-state index >= 15 is 0 Å². The van der Waals surface area contributed by atoms with Crippen molar-refractivity contribution >= 4 is 33.0 Å². The predicted molar refractivity (Wildman–Crippen MR) is 115 cm³/mol. The van der Waals surface area contributed by atoms with Gasteiger partial charge in [-0.2, -0.15) is 18.2 Å². The van der Waals surface area contributed by atoms with E-state index in [2.05, 4.69) is 26.1 Å². The zero-order chi connectivity index (χ0) is 23.2. The second-order valence-electron chi connectivity index (χ2n) is 8.26. The van der Waals surface area contributed by atoms with Gasteiger partial charge in [-0.25, -0.2) is 4.39 Å². The van der Waals surface area contributed by atoms with Crippen molar-refractivity contribution in [2.45, 2.75) is 50.1 Å². The van der Waals surface area contributed by atoms with E-state index in [0.717, 1.165) is 11.3 Å². The number of nitrogens with zero attached hydrogens (tertiary/aromatic N) is 2. The molecule has 33 heavy (non-hydrogen) atoms. The van der Waals surface area contributed by atoms with Crippen LogP contribution >= 0.6 is 11.3 Å². The molecule has 4 heterocycles. The molecular formula is C21H21F4N5O2S. The Labute approximate surface area is 189 Å². The second kappa shape index (κ2) is 8.56. The number of anilines is 1. The summed E-state index contributed by atoms with van der Waals surface area (Å²) in [6.07, 6.45) is -5.34. The van der Waals surface area contributed by atoms with E-state index < -0.39 is 30.9 Å². The normalized spacial score (nSPS) is 23.8. The van der Waals surface area contributed by atoms with Gasteiger partial charge in [0.15, 0.2) is 0 Å². The van der Waals surface area contributed by atoms with E-state index in [1.165, 1.54) is 0 Å². The average molecular weight is 483 g/mol. The van der Waals surface area contributed by atoms with Crippen molar-refractivity contribution in [3.63, 3.8) is 0 Å². The minimum absolute atomic E-state index is 0.0442. The highest BCUT2D eigenvalue weighted by atomic mass is 32.1. The minimum Gasteiger partial charge on any atom is -0.378 e. The molecule has 0 bridgehead atoms. The van der Waals surface area contributed by atoms with Crippen molar-refractivity contribution < 1.29 is 26.9 Å². The fraction of sp³-hybridized carbons (Fsp3) is 0.476. The zero-order valence-electron chi connectivity index (χ0n) is 17.3. The van der Waals surface area contributed by atoms with Gasteiger partial charge in [0.25, 0.3) is 0 Å². The first kappa shape index (κ1) is 22.1. The highest BCUT2D eigenvalue weighted by Gasteiger charge is 2.34. The molecule has 2 aliphatic rings. The number of fused-ring (bicyclic) bond motifs is 1. The Bertz CT molecular complexity index is 1180. The van der Waals surface area contributed by atoms with Crippen molar-refractivity contribution in [1.82, 2.24) is 20.8 Å². The summed E-state index contributed by atoms with van der Waals surface area (Å²) in [6, 6.07) is 4.14. The topological polar surface area (TPSA) is 92.1 Å². The van der Waals surface area contributed by atoms with Crippen LogP contribution in [0.5, 0.6) is 0 Å². The van der Waals surface area contributed by atoms with Gasteiger partial charge < -0.3 is 20.5 Å². The molecule has 3 aromatic rings. The molecule has 5 rings (SSSR count). The Balaban J connectivity index is 1.55. The van der Waals surface area contributed by atoms with Crippen LogP contribution in [0.3, 0.4) is 0 Å². The van der Waals surface area contributed by atoms with Gasteiger partial charge in [0.05, 0.1) is 27.7 Å². The Morgan fingerprint density at radius 2 is 2.12 bits per heavy atom. The van der Waals surface area contributed by atoms with E-state index in [4.69, 9.17) is 4.52 Å². The molecule has 3 atom stereocenters.